The van der Waals surface area contributed by atoms with Crippen molar-refractivity contribution >= 4 is 29.1 Å². The van der Waals surface area contributed by atoms with Gasteiger partial charge >= 0.3 is 0 Å². The Morgan fingerprint density at radius 2 is 1.81 bits per heavy atom. The third-order valence-electron chi connectivity index (χ3n) is 4.43. The Morgan fingerprint density at radius 3 is 2.50 bits per heavy atom. The highest BCUT2D eigenvalue weighted by molar-refractivity contribution is 7.71. The minimum Gasteiger partial charge on any atom is -0.497 e. The van der Waals surface area contributed by atoms with E-state index < -0.39 is 0 Å². The number of methoxy groups -OCH3 is 1. The fourth-order valence-corrected chi connectivity index (χ4v) is 3.34. The van der Waals surface area contributed by atoms with Gasteiger partial charge < -0.3 is 15.5 Å². The molecule has 0 fully saturated rings. The number of aryl methyl sites for hydroxylation is 1. The van der Waals surface area contributed by atoms with Gasteiger partial charge in [-0.05, 0) is 54.2 Å². The van der Waals surface area contributed by atoms with Crippen LogP contribution in [0.1, 0.15) is 0 Å². The number of H-pyrrole nitrogens is 2. The maximum atomic E-state index is 6.28. The van der Waals surface area contributed by atoms with Gasteiger partial charge in [-0.15, -0.1) is 0 Å². The summed E-state index contributed by atoms with van der Waals surface area (Å²) in [6.45, 7) is 0. The van der Waals surface area contributed by atoms with Crippen LogP contribution in [-0.2, 0) is 7.05 Å². The summed E-state index contributed by atoms with van der Waals surface area (Å²) in [5, 5.41) is 0. The van der Waals surface area contributed by atoms with Crippen molar-refractivity contribution in [3.05, 3.63) is 53.3 Å². The Balaban J connectivity index is 2.01. The lowest BCUT2D eigenvalue weighted by Gasteiger charge is -2.10. The number of aromatic nitrogens is 4. The first-order valence-corrected chi connectivity index (χ1v) is 8.50. The minimum atomic E-state index is 0.343. The van der Waals surface area contributed by atoms with Gasteiger partial charge in [-0.2, -0.15) is 0 Å². The molecule has 0 atom stereocenters. The van der Waals surface area contributed by atoms with Crippen LogP contribution in [0.4, 0.5) is 5.82 Å². The highest BCUT2D eigenvalue weighted by Gasteiger charge is 2.24. The molecule has 4 N–H and O–H groups in total. The summed E-state index contributed by atoms with van der Waals surface area (Å²) in [7, 11) is 3.63. The number of hydrogen-bond donors (Lipinski definition) is 3. The second-order valence-electron chi connectivity index (χ2n) is 5.96. The molecule has 2 heterocycles. The summed E-state index contributed by atoms with van der Waals surface area (Å²) in [5.74, 6) is 2.02. The number of nitrogens with zero attached hydrogens (tertiary/aromatic N) is 2. The lowest BCUT2D eigenvalue weighted by atomic mass is 10.1. The summed E-state index contributed by atoms with van der Waals surface area (Å²) in [6.07, 6.45) is 0. The number of anilines is 1. The molecule has 0 saturated carbocycles. The van der Waals surface area contributed by atoms with Gasteiger partial charge in [0.05, 0.1) is 19.9 Å². The third-order valence-corrected chi connectivity index (χ3v) is 4.62. The highest BCUT2D eigenvalue weighted by Crippen LogP contribution is 2.33. The molecular weight excluding hydrogens is 346 g/mol. The van der Waals surface area contributed by atoms with Crippen LogP contribution in [0.5, 0.6) is 5.75 Å². The normalized spacial score (nSPS) is 11.0. The number of nitrogens with one attached hydrogen (secondary N) is 2. The predicted molar refractivity (Wildman–Crippen MR) is 104 cm³/mol. The van der Waals surface area contributed by atoms with Crippen molar-refractivity contribution in [3.8, 4) is 28.4 Å². The first kappa shape index (κ1) is 16.3. The van der Waals surface area contributed by atoms with Crippen LogP contribution in [0, 0.1) is 4.77 Å². The topological polar surface area (TPSA) is 83.6 Å². The summed E-state index contributed by atoms with van der Waals surface area (Å²) in [5.41, 5.74) is 10.9. The second kappa shape index (κ2) is 6.27. The van der Waals surface area contributed by atoms with E-state index in [4.69, 9.17) is 22.7 Å². The SMILES string of the molecule is COc1ccc(-c2[nH]c(=S)nc(N)c2-c2[nH]c3ccccc3[n+]2C)cc1. The molecule has 4 rings (SSSR count). The molecular formula is C19H18N5OS+. The Labute approximate surface area is 155 Å². The molecule has 7 heteroatoms. The summed E-state index contributed by atoms with van der Waals surface area (Å²) in [4.78, 5) is 10.9. The van der Waals surface area contributed by atoms with E-state index in [-0.39, 0.29) is 0 Å². The van der Waals surface area contributed by atoms with E-state index in [1.807, 2.05) is 49.5 Å². The first-order valence-electron chi connectivity index (χ1n) is 8.10. The van der Waals surface area contributed by atoms with Gasteiger partial charge in [0, 0.05) is 0 Å². The maximum absolute atomic E-state index is 6.28. The first-order chi connectivity index (χ1) is 12.6. The maximum Gasteiger partial charge on any atom is 0.293 e. The molecule has 0 bridgehead atoms. The Hall–Kier alpha value is -3.19. The van der Waals surface area contributed by atoms with Gasteiger partial charge in [0.1, 0.15) is 17.1 Å². The number of nitrogen functional groups attached to an aromatic ring is 1. The molecule has 0 amide bonds. The number of fused-ring (bicyclic) bond motifs is 1. The molecule has 0 aliphatic carbocycles. The van der Waals surface area contributed by atoms with Crippen molar-refractivity contribution in [2.75, 3.05) is 12.8 Å². The number of hydrogen-bond acceptors (Lipinski definition) is 4. The van der Waals surface area contributed by atoms with Crippen molar-refractivity contribution in [1.29, 1.82) is 0 Å². The Morgan fingerprint density at radius 1 is 1.08 bits per heavy atom. The van der Waals surface area contributed by atoms with Gasteiger partial charge in [0.2, 0.25) is 0 Å². The van der Waals surface area contributed by atoms with E-state index in [1.165, 1.54) is 0 Å². The minimum absolute atomic E-state index is 0.343. The number of rotatable bonds is 3. The molecule has 0 saturated heterocycles. The number of benzene rings is 2. The summed E-state index contributed by atoms with van der Waals surface area (Å²) < 4.78 is 7.65. The van der Waals surface area contributed by atoms with E-state index >= 15 is 0 Å². The average Bonchev–Trinajstić information content (AvgIpc) is 2.98. The molecule has 0 radical (unpaired) electrons. The molecule has 4 aromatic rings. The second-order valence-corrected chi connectivity index (χ2v) is 6.34. The van der Waals surface area contributed by atoms with Crippen molar-refractivity contribution in [2.45, 2.75) is 0 Å². The fourth-order valence-electron chi connectivity index (χ4n) is 3.14. The molecule has 130 valence electrons. The largest absolute Gasteiger partial charge is 0.497 e. The van der Waals surface area contributed by atoms with Gasteiger partial charge in [-0.25, -0.2) is 14.5 Å². The van der Waals surface area contributed by atoms with Crippen LogP contribution < -0.4 is 15.0 Å². The zero-order valence-electron chi connectivity index (χ0n) is 14.4. The summed E-state index contributed by atoms with van der Waals surface area (Å²) in [6, 6.07) is 15.8. The van der Waals surface area contributed by atoms with E-state index in [2.05, 4.69) is 25.6 Å². The Bertz CT molecular complexity index is 1160. The predicted octanol–water partition coefficient (Wildman–Crippen LogP) is 3.37. The molecule has 0 aliphatic heterocycles. The molecule has 0 unspecified atom stereocenters. The van der Waals surface area contributed by atoms with Crippen LogP contribution in [-0.4, -0.2) is 22.1 Å². The van der Waals surface area contributed by atoms with Crippen molar-refractivity contribution in [3.63, 3.8) is 0 Å². The number of imidazole rings is 1. The summed E-state index contributed by atoms with van der Waals surface area (Å²) >= 11 is 5.25. The standard InChI is InChI=1S/C19H17N5OS/c1-24-14-6-4-3-5-13(14)21-18(24)15-16(22-19(26)23-17(15)20)11-7-9-12(25-2)10-8-11/h3-10H,1-2H3,(H3,20,21,22,23,26)/p+1. The molecule has 2 aromatic carbocycles. The smallest absolute Gasteiger partial charge is 0.293 e. The van der Waals surface area contributed by atoms with Crippen LogP contribution in [0.3, 0.4) is 0 Å². The molecule has 6 nitrogen and oxygen atoms in total. The number of aromatic amines is 2. The van der Waals surface area contributed by atoms with Gasteiger partial charge in [-0.3, -0.25) is 0 Å². The van der Waals surface area contributed by atoms with Crippen molar-refractivity contribution in [1.82, 2.24) is 15.0 Å². The number of nitrogens with two attached hydrogens (primary N) is 1. The van der Waals surface area contributed by atoms with E-state index in [9.17, 15) is 0 Å². The van der Waals surface area contributed by atoms with Crippen LogP contribution >= 0.6 is 12.2 Å². The van der Waals surface area contributed by atoms with Crippen LogP contribution in [0.25, 0.3) is 33.7 Å². The molecule has 0 aliphatic rings. The quantitative estimate of drug-likeness (QED) is 0.384. The fraction of sp³-hybridized carbons (Fsp3) is 0.105. The molecule has 26 heavy (non-hydrogen) atoms. The van der Waals surface area contributed by atoms with Crippen LogP contribution in [0.2, 0.25) is 0 Å². The van der Waals surface area contributed by atoms with E-state index in [1.54, 1.807) is 7.11 Å². The lowest BCUT2D eigenvalue weighted by Crippen LogP contribution is -2.29. The van der Waals surface area contributed by atoms with Crippen molar-refractivity contribution in [2.24, 2.45) is 7.05 Å². The average molecular weight is 364 g/mol. The Kier molecular flexibility index (Phi) is 3.93. The van der Waals surface area contributed by atoms with Gasteiger partial charge in [0.15, 0.2) is 15.8 Å². The molecule has 2 aromatic heterocycles. The lowest BCUT2D eigenvalue weighted by molar-refractivity contribution is -0.633. The van der Waals surface area contributed by atoms with Crippen molar-refractivity contribution < 1.29 is 9.30 Å². The van der Waals surface area contributed by atoms with Gasteiger partial charge in [-0.1, -0.05) is 12.1 Å². The zero-order chi connectivity index (χ0) is 18.3. The molecule has 0 spiro atoms. The number of para-hydroxylation sites is 2. The van der Waals surface area contributed by atoms with E-state index in [0.717, 1.165) is 39.4 Å². The monoisotopic (exact) mass is 364 g/mol. The van der Waals surface area contributed by atoms with E-state index in [0.29, 0.717) is 10.6 Å². The zero-order valence-corrected chi connectivity index (χ0v) is 15.2. The van der Waals surface area contributed by atoms with Gasteiger partial charge in [0.25, 0.3) is 5.82 Å². The highest BCUT2D eigenvalue weighted by atomic mass is 32.1. The van der Waals surface area contributed by atoms with Crippen LogP contribution in [0.15, 0.2) is 48.5 Å². The third kappa shape index (κ3) is 2.62. The number of ether oxygens (including phenoxy) is 1.